The van der Waals surface area contributed by atoms with E-state index < -0.39 is 23.9 Å². The van der Waals surface area contributed by atoms with E-state index in [4.69, 9.17) is 28.4 Å². The molecule has 4 rings (SSSR count). The van der Waals surface area contributed by atoms with Crippen LogP contribution >= 0.6 is 0 Å². The third-order valence-electron chi connectivity index (χ3n) is 7.53. The zero-order valence-electron chi connectivity index (χ0n) is 29.1. The van der Waals surface area contributed by atoms with Gasteiger partial charge in [0.1, 0.15) is 11.5 Å². The number of unbranched alkanes of at least 4 members (excludes halogenated alkanes) is 3. The van der Waals surface area contributed by atoms with Gasteiger partial charge in [-0.1, -0.05) is 44.5 Å². The van der Waals surface area contributed by atoms with E-state index in [9.17, 15) is 19.2 Å². The van der Waals surface area contributed by atoms with Crippen molar-refractivity contribution in [2.24, 2.45) is 0 Å². The number of methoxy groups -OCH3 is 1. The minimum absolute atomic E-state index is 0.200. The molecule has 0 aliphatic carbocycles. The summed E-state index contributed by atoms with van der Waals surface area (Å²) in [5.41, 5.74) is 1.64. The predicted molar refractivity (Wildman–Crippen MR) is 193 cm³/mol. The summed E-state index contributed by atoms with van der Waals surface area (Å²) in [5, 5.41) is 1.73. The molecule has 0 aromatic heterocycles. The number of hydrogen-bond acceptors (Lipinski definition) is 10. The van der Waals surface area contributed by atoms with Crippen LogP contribution in [0.4, 0.5) is 0 Å². The third-order valence-corrected chi connectivity index (χ3v) is 7.53. The van der Waals surface area contributed by atoms with E-state index in [0.717, 1.165) is 36.5 Å². The molecule has 10 nitrogen and oxygen atoms in total. The number of carbonyl (C=O) groups excluding carboxylic acids is 4. The molecule has 0 saturated heterocycles. The monoisotopic (exact) mass is 694 g/mol. The lowest BCUT2D eigenvalue weighted by Crippen LogP contribution is -2.10. The maximum absolute atomic E-state index is 12.9. The predicted octanol–water partition coefficient (Wildman–Crippen LogP) is 8.31. The minimum Gasteiger partial charge on any atom is -0.494 e. The Hall–Kier alpha value is -5.90. The zero-order chi connectivity index (χ0) is 36.6. The van der Waals surface area contributed by atoms with Crippen molar-refractivity contribution in [3.8, 4) is 23.0 Å². The van der Waals surface area contributed by atoms with Crippen LogP contribution < -0.4 is 18.9 Å². The summed E-state index contributed by atoms with van der Waals surface area (Å²) in [6, 6.07) is 21.7. The van der Waals surface area contributed by atoms with Gasteiger partial charge >= 0.3 is 23.9 Å². The number of ether oxygens (including phenoxy) is 6. The molecule has 0 fully saturated rings. The Kier molecular flexibility index (Phi) is 14.4. The van der Waals surface area contributed by atoms with Crippen molar-refractivity contribution < 1.29 is 47.6 Å². The van der Waals surface area contributed by atoms with E-state index in [1.165, 1.54) is 37.5 Å². The minimum atomic E-state index is -0.632. The van der Waals surface area contributed by atoms with Crippen molar-refractivity contribution in [3.63, 3.8) is 0 Å². The van der Waals surface area contributed by atoms with Gasteiger partial charge in [0, 0.05) is 11.6 Å². The van der Waals surface area contributed by atoms with Gasteiger partial charge in [-0.2, -0.15) is 0 Å². The van der Waals surface area contributed by atoms with Gasteiger partial charge in [-0.15, -0.1) is 0 Å². The van der Waals surface area contributed by atoms with Crippen LogP contribution in [0.5, 0.6) is 23.0 Å². The molecule has 0 amide bonds. The standard InChI is InChI=1S/C41H42O10/c1-5-6-7-23-48-38(42)21-11-29-10-20-36(37(25-29)46-4)51-40(44)30-14-17-34(18-15-30)50-41(45)33-13-12-32-27-35(19-16-31(32)26-33)47-22-8-9-24-49-39(43)28(2)3/h10-21,25-27H,2,5-9,22-24H2,1,3-4H3/b21-11+. The van der Waals surface area contributed by atoms with E-state index >= 15 is 0 Å². The molecular formula is C41H42O10. The fraction of sp³-hybridized carbons (Fsp3) is 0.268. The second-order valence-electron chi connectivity index (χ2n) is 11.6. The second-order valence-corrected chi connectivity index (χ2v) is 11.6. The van der Waals surface area contributed by atoms with E-state index in [0.29, 0.717) is 54.4 Å². The quantitative estimate of drug-likeness (QED) is 0.0435. The maximum atomic E-state index is 12.9. The molecule has 0 bridgehead atoms. The largest absolute Gasteiger partial charge is 0.494 e. The molecule has 0 N–H and O–H groups in total. The zero-order valence-corrected chi connectivity index (χ0v) is 29.1. The Balaban J connectivity index is 1.27. The Bertz CT molecular complexity index is 1870. The topological polar surface area (TPSA) is 124 Å². The molecule has 0 radical (unpaired) electrons. The average molecular weight is 695 g/mol. The number of carbonyl (C=O) groups is 4. The lowest BCUT2D eigenvalue weighted by Gasteiger charge is -2.11. The van der Waals surface area contributed by atoms with Gasteiger partial charge in [0.25, 0.3) is 0 Å². The lowest BCUT2D eigenvalue weighted by atomic mass is 10.1. The highest BCUT2D eigenvalue weighted by Crippen LogP contribution is 2.30. The molecule has 0 aliphatic rings. The lowest BCUT2D eigenvalue weighted by molar-refractivity contribution is -0.139. The molecular weight excluding hydrogens is 652 g/mol. The molecule has 266 valence electrons. The van der Waals surface area contributed by atoms with Gasteiger partial charge in [-0.25, -0.2) is 19.2 Å². The molecule has 0 unspecified atom stereocenters. The molecule has 10 heteroatoms. The van der Waals surface area contributed by atoms with Crippen LogP contribution in [0, 0.1) is 0 Å². The Morgan fingerprint density at radius 3 is 2.06 bits per heavy atom. The van der Waals surface area contributed by atoms with Crippen LogP contribution in [0.3, 0.4) is 0 Å². The second kappa shape index (κ2) is 19.3. The molecule has 51 heavy (non-hydrogen) atoms. The Labute approximate surface area is 297 Å². The van der Waals surface area contributed by atoms with E-state index in [1.807, 2.05) is 24.3 Å². The van der Waals surface area contributed by atoms with Gasteiger partial charge in [0.05, 0.1) is 38.1 Å². The van der Waals surface area contributed by atoms with Crippen LogP contribution in [-0.2, 0) is 19.1 Å². The third kappa shape index (κ3) is 11.9. The van der Waals surface area contributed by atoms with Crippen molar-refractivity contribution in [2.75, 3.05) is 26.9 Å². The van der Waals surface area contributed by atoms with Crippen LogP contribution in [0.2, 0.25) is 0 Å². The van der Waals surface area contributed by atoms with Crippen molar-refractivity contribution in [1.82, 2.24) is 0 Å². The fourth-order valence-electron chi connectivity index (χ4n) is 4.72. The Morgan fingerprint density at radius 2 is 1.31 bits per heavy atom. The highest BCUT2D eigenvalue weighted by molar-refractivity contribution is 5.97. The fourth-order valence-corrected chi connectivity index (χ4v) is 4.72. The molecule has 4 aromatic carbocycles. The normalized spacial score (nSPS) is 10.8. The highest BCUT2D eigenvalue weighted by Gasteiger charge is 2.15. The maximum Gasteiger partial charge on any atom is 0.343 e. The molecule has 0 spiro atoms. The van der Waals surface area contributed by atoms with Crippen molar-refractivity contribution in [3.05, 3.63) is 114 Å². The summed E-state index contributed by atoms with van der Waals surface area (Å²) >= 11 is 0. The van der Waals surface area contributed by atoms with Crippen LogP contribution in [0.1, 0.15) is 72.2 Å². The van der Waals surface area contributed by atoms with Crippen LogP contribution in [0.15, 0.2) is 97.1 Å². The van der Waals surface area contributed by atoms with Crippen LogP contribution in [-0.4, -0.2) is 50.8 Å². The number of hydrogen-bond donors (Lipinski definition) is 0. The van der Waals surface area contributed by atoms with Gasteiger partial charge in [-0.05, 0) is 109 Å². The first-order chi connectivity index (χ1) is 24.7. The number of fused-ring (bicyclic) bond motifs is 1. The first-order valence-corrected chi connectivity index (χ1v) is 16.7. The van der Waals surface area contributed by atoms with E-state index in [2.05, 4.69) is 13.5 Å². The SMILES string of the molecule is C=C(C)C(=O)OCCCCOc1ccc2cc(C(=O)Oc3ccc(C(=O)Oc4ccc(/C=C/C(=O)OCCCCC)cc4OC)cc3)ccc2c1. The van der Waals surface area contributed by atoms with Crippen molar-refractivity contribution >= 4 is 40.7 Å². The summed E-state index contributed by atoms with van der Waals surface area (Å²) in [7, 11) is 1.45. The molecule has 0 aliphatic heterocycles. The summed E-state index contributed by atoms with van der Waals surface area (Å²) in [5.74, 6) is -0.556. The first kappa shape index (κ1) is 37.9. The van der Waals surface area contributed by atoms with Crippen LogP contribution in [0.25, 0.3) is 16.8 Å². The highest BCUT2D eigenvalue weighted by atomic mass is 16.6. The van der Waals surface area contributed by atoms with Gasteiger partial charge < -0.3 is 28.4 Å². The molecule has 0 atom stereocenters. The van der Waals surface area contributed by atoms with Gasteiger partial charge in [-0.3, -0.25) is 0 Å². The van der Waals surface area contributed by atoms with Crippen molar-refractivity contribution in [1.29, 1.82) is 0 Å². The first-order valence-electron chi connectivity index (χ1n) is 16.7. The summed E-state index contributed by atoms with van der Waals surface area (Å²) < 4.78 is 32.6. The summed E-state index contributed by atoms with van der Waals surface area (Å²) in [4.78, 5) is 49.2. The molecule has 0 saturated carbocycles. The Morgan fingerprint density at radius 1 is 0.667 bits per heavy atom. The van der Waals surface area contributed by atoms with E-state index in [-0.39, 0.29) is 17.1 Å². The molecule has 0 heterocycles. The average Bonchev–Trinajstić information content (AvgIpc) is 3.14. The van der Waals surface area contributed by atoms with Crippen molar-refractivity contribution in [2.45, 2.75) is 46.0 Å². The number of benzene rings is 4. The van der Waals surface area contributed by atoms with Gasteiger partial charge in [0.2, 0.25) is 0 Å². The smallest absolute Gasteiger partial charge is 0.343 e. The van der Waals surface area contributed by atoms with E-state index in [1.54, 1.807) is 43.3 Å². The molecule has 4 aromatic rings. The number of rotatable bonds is 18. The van der Waals surface area contributed by atoms with Gasteiger partial charge in [0.15, 0.2) is 11.5 Å². The number of esters is 4. The summed E-state index contributed by atoms with van der Waals surface area (Å²) in [6.07, 6.45) is 7.20. The summed E-state index contributed by atoms with van der Waals surface area (Å²) in [6.45, 7) is 8.40.